The maximum atomic E-state index is 11.9. The number of unbranched alkanes of at least 4 members (excludes halogenated alkanes) is 2. The molecule has 0 radical (unpaired) electrons. The second-order valence-corrected chi connectivity index (χ2v) is 4.83. The predicted molar refractivity (Wildman–Crippen MR) is 75.8 cm³/mol. The smallest absolute Gasteiger partial charge is 0.326 e. The first-order chi connectivity index (χ1) is 10.0. The van der Waals surface area contributed by atoms with E-state index in [4.69, 9.17) is 10.2 Å². The zero-order valence-corrected chi connectivity index (χ0v) is 12.1. The van der Waals surface area contributed by atoms with Gasteiger partial charge in [0.2, 0.25) is 0 Å². The molecule has 0 fully saturated rings. The molecular weight excluding hydrogens is 276 g/mol. The lowest BCUT2D eigenvalue weighted by Gasteiger charge is -2.21. The number of imidazole rings is 1. The number of nitrogens with one attached hydrogen (secondary N) is 2. The number of amides is 2. The summed E-state index contributed by atoms with van der Waals surface area (Å²) < 4.78 is 0. The molecule has 1 aromatic heterocycles. The van der Waals surface area contributed by atoms with E-state index in [9.17, 15) is 9.59 Å². The fourth-order valence-electron chi connectivity index (χ4n) is 1.81. The van der Waals surface area contributed by atoms with Crippen LogP contribution in [0.25, 0.3) is 0 Å². The standard InChI is InChI=1S/C13H22N4O4/c1-17(5-3-2-4-6-18)13(21)16-11(12(19)20)7-10-8-14-9-15-10/h8-9,11,18H,2-7H2,1H3,(H,14,15)(H,16,21)(H,19,20). The molecule has 0 aliphatic carbocycles. The quantitative estimate of drug-likeness (QED) is 0.486. The van der Waals surface area contributed by atoms with Crippen molar-refractivity contribution in [3.63, 3.8) is 0 Å². The molecule has 0 aliphatic heterocycles. The average molecular weight is 298 g/mol. The van der Waals surface area contributed by atoms with Crippen LogP contribution in [0.2, 0.25) is 0 Å². The Labute approximate surface area is 123 Å². The first-order valence-electron chi connectivity index (χ1n) is 6.87. The van der Waals surface area contributed by atoms with Crippen molar-refractivity contribution in [1.82, 2.24) is 20.2 Å². The maximum Gasteiger partial charge on any atom is 0.326 e. The van der Waals surface area contributed by atoms with Gasteiger partial charge >= 0.3 is 12.0 Å². The third-order valence-electron chi connectivity index (χ3n) is 3.07. The number of nitrogens with zero attached hydrogens (tertiary/aromatic N) is 2. The van der Waals surface area contributed by atoms with Crippen LogP contribution in [-0.2, 0) is 11.2 Å². The van der Waals surface area contributed by atoms with Gasteiger partial charge in [-0.1, -0.05) is 0 Å². The lowest BCUT2D eigenvalue weighted by molar-refractivity contribution is -0.139. The molecule has 2 amide bonds. The largest absolute Gasteiger partial charge is 0.480 e. The van der Waals surface area contributed by atoms with Crippen molar-refractivity contribution in [2.75, 3.05) is 20.2 Å². The maximum absolute atomic E-state index is 11.9. The van der Waals surface area contributed by atoms with Crippen molar-refractivity contribution in [2.24, 2.45) is 0 Å². The molecule has 8 heteroatoms. The number of aliphatic hydroxyl groups excluding tert-OH is 1. The van der Waals surface area contributed by atoms with Crippen molar-refractivity contribution >= 4 is 12.0 Å². The van der Waals surface area contributed by atoms with Gasteiger partial charge in [0.05, 0.1) is 6.33 Å². The highest BCUT2D eigenvalue weighted by atomic mass is 16.4. The van der Waals surface area contributed by atoms with Crippen LogP contribution in [0.4, 0.5) is 4.79 Å². The van der Waals surface area contributed by atoms with Crippen LogP contribution in [0.1, 0.15) is 25.0 Å². The summed E-state index contributed by atoms with van der Waals surface area (Å²) in [7, 11) is 1.61. The Morgan fingerprint density at radius 3 is 2.76 bits per heavy atom. The number of carbonyl (C=O) groups excluding carboxylic acids is 1. The minimum Gasteiger partial charge on any atom is -0.480 e. The molecule has 1 rings (SSSR count). The highest BCUT2D eigenvalue weighted by Crippen LogP contribution is 2.01. The summed E-state index contributed by atoms with van der Waals surface area (Å²) in [5.74, 6) is -1.09. The van der Waals surface area contributed by atoms with E-state index in [1.165, 1.54) is 17.4 Å². The molecule has 0 bridgehead atoms. The van der Waals surface area contributed by atoms with E-state index >= 15 is 0 Å². The number of aliphatic hydroxyl groups is 1. The first kappa shape index (κ1) is 17.0. The summed E-state index contributed by atoms with van der Waals surface area (Å²) in [6.07, 6.45) is 5.43. The molecule has 0 spiro atoms. The Hall–Kier alpha value is -2.09. The highest BCUT2D eigenvalue weighted by molar-refractivity contribution is 5.82. The number of carboxylic acid groups (broad SMARTS) is 1. The van der Waals surface area contributed by atoms with Gasteiger partial charge in [0.15, 0.2) is 0 Å². The first-order valence-corrected chi connectivity index (χ1v) is 6.87. The number of hydrogen-bond donors (Lipinski definition) is 4. The molecular formula is C13H22N4O4. The normalized spacial score (nSPS) is 11.9. The summed E-state index contributed by atoms with van der Waals surface area (Å²) in [5, 5.41) is 20.3. The predicted octanol–water partition coefficient (Wildman–Crippen LogP) is 0.209. The third-order valence-corrected chi connectivity index (χ3v) is 3.07. The number of aromatic nitrogens is 2. The zero-order valence-electron chi connectivity index (χ0n) is 12.1. The van der Waals surface area contributed by atoms with Gasteiger partial charge in [-0.05, 0) is 19.3 Å². The molecule has 8 nitrogen and oxygen atoms in total. The van der Waals surface area contributed by atoms with Crippen molar-refractivity contribution in [2.45, 2.75) is 31.7 Å². The van der Waals surface area contributed by atoms with E-state index in [1.807, 2.05) is 0 Å². The second-order valence-electron chi connectivity index (χ2n) is 4.83. The Morgan fingerprint density at radius 2 is 2.19 bits per heavy atom. The van der Waals surface area contributed by atoms with Crippen molar-refractivity contribution in [3.8, 4) is 0 Å². The molecule has 1 heterocycles. The van der Waals surface area contributed by atoms with Crippen LogP contribution < -0.4 is 5.32 Å². The Bertz CT molecular complexity index is 435. The number of urea groups is 1. The van der Waals surface area contributed by atoms with Crippen molar-refractivity contribution in [3.05, 3.63) is 18.2 Å². The van der Waals surface area contributed by atoms with E-state index in [0.717, 1.165) is 12.8 Å². The van der Waals surface area contributed by atoms with E-state index in [-0.39, 0.29) is 13.0 Å². The van der Waals surface area contributed by atoms with Gasteiger partial charge in [-0.3, -0.25) is 0 Å². The minimum absolute atomic E-state index is 0.140. The van der Waals surface area contributed by atoms with Gasteiger partial charge in [0, 0.05) is 38.5 Å². The zero-order chi connectivity index (χ0) is 15.7. The van der Waals surface area contributed by atoms with Gasteiger partial charge in [-0.2, -0.15) is 0 Å². The van der Waals surface area contributed by atoms with Crippen LogP contribution in [0.3, 0.4) is 0 Å². The van der Waals surface area contributed by atoms with Gasteiger partial charge in [-0.25, -0.2) is 14.6 Å². The molecule has 0 saturated heterocycles. The number of hydrogen-bond acceptors (Lipinski definition) is 4. The summed E-state index contributed by atoms with van der Waals surface area (Å²) >= 11 is 0. The summed E-state index contributed by atoms with van der Waals surface area (Å²) in [6, 6.07) is -1.43. The molecule has 1 unspecified atom stereocenters. The molecule has 0 aromatic carbocycles. The summed E-state index contributed by atoms with van der Waals surface area (Å²) in [4.78, 5) is 31.2. The molecule has 1 aromatic rings. The highest BCUT2D eigenvalue weighted by Gasteiger charge is 2.22. The number of carbonyl (C=O) groups is 2. The lowest BCUT2D eigenvalue weighted by atomic mass is 10.1. The van der Waals surface area contributed by atoms with E-state index in [0.29, 0.717) is 18.7 Å². The Balaban J connectivity index is 2.42. The van der Waals surface area contributed by atoms with Gasteiger partial charge in [-0.15, -0.1) is 0 Å². The fourth-order valence-corrected chi connectivity index (χ4v) is 1.81. The lowest BCUT2D eigenvalue weighted by Crippen LogP contribution is -2.48. The number of H-pyrrole nitrogens is 1. The van der Waals surface area contributed by atoms with Gasteiger partial charge in [0.1, 0.15) is 6.04 Å². The van der Waals surface area contributed by atoms with Crippen LogP contribution in [0.15, 0.2) is 12.5 Å². The Morgan fingerprint density at radius 1 is 1.43 bits per heavy atom. The van der Waals surface area contributed by atoms with Crippen LogP contribution in [0, 0.1) is 0 Å². The average Bonchev–Trinajstić information content (AvgIpc) is 2.95. The summed E-state index contributed by atoms with van der Waals surface area (Å²) in [6.45, 7) is 0.656. The molecule has 0 saturated carbocycles. The monoisotopic (exact) mass is 298 g/mol. The van der Waals surface area contributed by atoms with Crippen LogP contribution >= 0.6 is 0 Å². The summed E-state index contributed by atoms with van der Waals surface area (Å²) in [5.41, 5.74) is 0.647. The van der Waals surface area contributed by atoms with Crippen molar-refractivity contribution in [1.29, 1.82) is 0 Å². The SMILES string of the molecule is CN(CCCCCO)C(=O)NC(Cc1cnc[nH]1)C(=O)O. The molecule has 0 aliphatic rings. The van der Waals surface area contributed by atoms with Crippen molar-refractivity contribution < 1.29 is 19.8 Å². The number of aliphatic carboxylic acids is 1. The van der Waals surface area contributed by atoms with Gasteiger partial charge in [0.25, 0.3) is 0 Å². The fraction of sp³-hybridized carbons (Fsp3) is 0.615. The second kappa shape index (κ2) is 8.96. The van der Waals surface area contributed by atoms with Crippen LogP contribution in [0.5, 0.6) is 0 Å². The third kappa shape index (κ3) is 6.26. The van der Waals surface area contributed by atoms with Crippen LogP contribution in [-0.4, -0.2) is 63.3 Å². The molecule has 1 atom stereocenters. The van der Waals surface area contributed by atoms with E-state index in [2.05, 4.69) is 15.3 Å². The molecule has 4 N–H and O–H groups in total. The number of aromatic amines is 1. The minimum atomic E-state index is -1.09. The number of rotatable bonds is 9. The molecule has 118 valence electrons. The topological polar surface area (TPSA) is 119 Å². The van der Waals surface area contributed by atoms with Gasteiger partial charge < -0.3 is 25.4 Å². The van der Waals surface area contributed by atoms with E-state index < -0.39 is 18.0 Å². The Kier molecular flexibility index (Phi) is 7.24. The van der Waals surface area contributed by atoms with E-state index in [1.54, 1.807) is 7.05 Å². The number of carboxylic acids is 1. The molecule has 21 heavy (non-hydrogen) atoms.